The van der Waals surface area contributed by atoms with Crippen molar-refractivity contribution in [2.75, 3.05) is 18.6 Å². The number of carbonyl (C=O) groups is 1. The van der Waals surface area contributed by atoms with Crippen molar-refractivity contribution < 1.29 is 9.53 Å². The van der Waals surface area contributed by atoms with Gasteiger partial charge in [0.05, 0.1) is 12.0 Å². The minimum Gasteiger partial charge on any atom is -0.378 e. The summed E-state index contributed by atoms with van der Waals surface area (Å²) in [6.45, 7) is 3.16. The molecule has 4 heteroatoms. The van der Waals surface area contributed by atoms with Gasteiger partial charge in [0.15, 0.2) is 0 Å². The Balaban J connectivity index is 2.09. The fraction of sp³-hybridized carbons (Fsp3) is 0.500. The molecule has 1 aliphatic heterocycles. The van der Waals surface area contributed by atoms with Gasteiger partial charge in [-0.05, 0) is 31.0 Å². The fourth-order valence-electron chi connectivity index (χ4n) is 2.29. The number of amides is 1. The molecule has 2 unspecified atom stereocenters. The third-order valence-electron chi connectivity index (χ3n) is 3.58. The van der Waals surface area contributed by atoms with Crippen LogP contribution in [0.5, 0.6) is 0 Å². The normalized spacial score (nSPS) is 23.1. The first-order chi connectivity index (χ1) is 8.63. The van der Waals surface area contributed by atoms with Gasteiger partial charge in [0.25, 0.3) is 0 Å². The van der Waals surface area contributed by atoms with E-state index in [9.17, 15) is 4.79 Å². The number of rotatable bonds is 3. The molecule has 2 N–H and O–H groups in total. The Bertz CT molecular complexity index is 416. The molecule has 1 aliphatic rings. The summed E-state index contributed by atoms with van der Waals surface area (Å²) < 4.78 is 5.45. The molecule has 4 nitrogen and oxygen atoms in total. The van der Waals surface area contributed by atoms with E-state index in [1.165, 1.54) is 0 Å². The van der Waals surface area contributed by atoms with Gasteiger partial charge in [-0.25, -0.2) is 0 Å². The number of ether oxygens (including phenoxy) is 1. The smallest absolute Gasteiger partial charge is 0.232 e. The lowest BCUT2D eigenvalue weighted by Gasteiger charge is -2.23. The zero-order chi connectivity index (χ0) is 13.1. The molecule has 0 spiro atoms. The van der Waals surface area contributed by atoms with Gasteiger partial charge < -0.3 is 15.4 Å². The number of hydrogen-bond acceptors (Lipinski definition) is 3. The highest BCUT2D eigenvalue weighted by molar-refractivity contribution is 5.95. The molecule has 0 aromatic heterocycles. The van der Waals surface area contributed by atoms with E-state index in [4.69, 9.17) is 10.5 Å². The lowest BCUT2D eigenvalue weighted by atomic mass is 10.0. The molecule has 1 fully saturated rings. The van der Waals surface area contributed by atoms with Crippen molar-refractivity contribution in [3.8, 4) is 0 Å². The molecule has 1 aromatic carbocycles. The molecule has 1 heterocycles. The van der Waals surface area contributed by atoms with Crippen LogP contribution in [0.1, 0.15) is 18.9 Å². The number of nitrogens with zero attached hydrogens (tertiary/aromatic N) is 1. The van der Waals surface area contributed by atoms with Gasteiger partial charge in [0.1, 0.15) is 0 Å². The second-order valence-corrected chi connectivity index (χ2v) is 4.74. The number of carbonyl (C=O) groups excluding carboxylic acids is 1. The summed E-state index contributed by atoms with van der Waals surface area (Å²) >= 11 is 0. The minimum atomic E-state index is -0.0239. The molecule has 18 heavy (non-hydrogen) atoms. The number of benzene rings is 1. The highest BCUT2D eigenvalue weighted by atomic mass is 16.5. The van der Waals surface area contributed by atoms with E-state index < -0.39 is 0 Å². The van der Waals surface area contributed by atoms with Crippen molar-refractivity contribution in [1.82, 2.24) is 0 Å². The van der Waals surface area contributed by atoms with Crippen molar-refractivity contribution in [2.45, 2.75) is 26.0 Å². The highest BCUT2D eigenvalue weighted by Crippen LogP contribution is 2.25. The van der Waals surface area contributed by atoms with Crippen molar-refractivity contribution in [2.24, 2.45) is 11.7 Å². The maximum atomic E-state index is 12.3. The molecule has 0 bridgehead atoms. The molecular formula is C14H20N2O2. The molecule has 1 saturated heterocycles. The molecule has 0 aliphatic carbocycles. The van der Waals surface area contributed by atoms with E-state index in [0.717, 1.165) is 17.7 Å². The van der Waals surface area contributed by atoms with E-state index in [2.05, 4.69) is 0 Å². The lowest BCUT2D eigenvalue weighted by Crippen LogP contribution is -2.35. The van der Waals surface area contributed by atoms with Gasteiger partial charge in [-0.1, -0.05) is 12.1 Å². The average Bonchev–Trinajstić information content (AvgIpc) is 2.83. The number of hydrogen-bond donors (Lipinski definition) is 1. The Morgan fingerprint density at radius 3 is 2.61 bits per heavy atom. The van der Waals surface area contributed by atoms with E-state index in [0.29, 0.717) is 13.2 Å². The Morgan fingerprint density at radius 1 is 1.44 bits per heavy atom. The first-order valence-corrected chi connectivity index (χ1v) is 6.31. The standard InChI is InChI=1S/C14H20N2O2/c1-10-13(7-8-18-10)14(17)16(2)12-5-3-11(9-15)4-6-12/h3-6,10,13H,7-9,15H2,1-2H3. The van der Waals surface area contributed by atoms with Gasteiger partial charge in [-0.3, -0.25) is 4.79 Å². The summed E-state index contributed by atoms with van der Waals surface area (Å²) in [7, 11) is 1.81. The van der Waals surface area contributed by atoms with Crippen LogP contribution in [0.2, 0.25) is 0 Å². The third-order valence-corrected chi connectivity index (χ3v) is 3.58. The monoisotopic (exact) mass is 248 g/mol. The van der Waals surface area contributed by atoms with Crippen molar-refractivity contribution in [1.29, 1.82) is 0 Å². The maximum absolute atomic E-state index is 12.3. The summed E-state index contributed by atoms with van der Waals surface area (Å²) in [4.78, 5) is 14.0. The molecule has 0 saturated carbocycles. The molecule has 1 aromatic rings. The average molecular weight is 248 g/mol. The van der Waals surface area contributed by atoms with Crippen LogP contribution in [0, 0.1) is 5.92 Å². The zero-order valence-electron chi connectivity index (χ0n) is 10.9. The number of nitrogens with two attached hydrogens (primary N) is 1. The maximum Gasteiger partial charge on any atom is 0.232 e. The predicted molar refractivity (Wildman–Crippen MR) is 71.3 cm³/mol. The molecule has 0 radical (unpaired) electrons. The largest absolute Gasteiger partial charge is 0.378 e. The minimum absolute atomic E-state index is 0.0169. The van der Waals surface area contributed by atoms with Gasteiger partial charge in [-0.15, -0.1) is 0 Å². The van der Waals surface area contributed by atoms with Crippen LogP contribution in [0.4, 0.5) is 5.69 Å². The van der Waals surface area contributed by atoms with Gasteiger partial charge in [0, 0.05) is 25.9 Å². The quantitative estimate of drug-likeness (QED) is 0.882. The summed E-state index contributed by atoms with van der Waals surface area (Å²) in [5.41, 5.74) is 7.52. The van der Waals surface area contributed by atoms with Gasteiger partial charge in [-0.2, -0.15) is 0 Å². The van der Waals surface area contributed by atoms with E-state index in [1.807, 2.05) is 38.2 Å². The summed E-state index contributed by atoms with van der Waals surface area (Å²) in [6.07, 6.45) is 0.828. The second-order valence-electron chi connectivity index (χ2n) is 4.74. The first kappa shape index (κ1) is 13.1. The second kappa shape index (κ2) is 5.50. The van der Waals surface area contributed by atoms with Crippen LogP contribution >= 0.6 is 0 Å². The SMILES string of the molecule is CC1OCCC1C(=O)N(C)c1ccc(CN)cc1. The highest BCUT2D eigenvalue weighted by Gasteiger charge is 2.33. The first-order valence-electron chi connectivity index (χ1n) is 6.31. The Kier molecular flexibility index (Phi) is 3.99. The lowest BCUT2D eigenvalue weighted by molar-refractivity contribution is -0.123. The molecular weight excluding hydrogens is 228 g/mol. The Hall–Kier alpha value is -1.39. The molecule has 2 rings (SSSR count). The van der Waals surface area contributed by atoms with E-state index in [1.54, 1.807) is 4.90 Å². The van der Waals surface area contributed by atoms with Crippen molar-refractivity contribution in [3.05, 3.63) is 29.8 Å². The van der Waals surface area contributed by atoms with Crippen molar-refractivity contribution >= 4 is 11.6 Å². The van der Waals surface area contributed by atoms with Crippen LogP contribution in [0.15, 0.2) is 24.3 Å². The van der Waals surface area contributed by atoms with E-state index in [-0.39, 0.29) is 17.9 Å². The van der Waals surface area contributed by atoms with Gasteiger partial charge >= 0.3 is 0 Å². The van der Waals surface area contributed by atoms with Crippen molar-refractivity contribution in [3.63, 3.8) is 0 Å². The summed E-state index contributed by atoms with van der Waals surface area (Å²) in [5, 5.41) is 0. The molecule has 98 valence electrons. The third kappa shape index (κ3) is 2.54. The van der Waals surface area contributed by atoms with Crippen LogP contribution < -0.4 is 10.6 Å². The van der Waals surface area contributed by atoms with Crippen LogP contribution in [-0.2, 0) is 16.1 Å². The summed E-state index contributed by atoms with van der Waals surface area (Å²) in [6, 6.07) is 7.77. The number of anilines is 1. The Labute approximate surface area is 108 Å². The zero-order valence-corrected chi connectivity index (χ0v) is 10.9. The fourth-order valence-corrected chi connectivity index (χ4v) is 2.29. The van der Waals surface area contributed by atoms with Crippen LogP contribution in [0.3, 0.4) is 0 Å². The Morgan fingerprint density at radius 2 is 2.11 bits per heavy atom. The molecule has 2 atom stereocenters. The topological polar surface area (TPSA) is 55.6 Å². The summed E-state index contributed by atoms with van der Waals surface area (Å²) in [5.74, 6) is 0.102. The van der Waals surface area contributed by atoms with Crippen LogP contribution in [-0.4, -0.2) is 25.7 Å². The predicted octanol–water partition coefficient (Wildman–Crippen LogP) is 1.53. The van der Waals surface area contributed by atoms with Crippen LogP contribution in [0.25, 0.3) is 0 Å². The van der Waals surface area contributed by atoms with E-state index >= 15 is 0 Å². The van der Waals surface area contributed by atoms with Gasteiger partial charge in [0.2, 0.25) is 5.91 Å². The molecule has 1 amide bonds.